The van der Waals surface area contributed by atoms with Crippen molar-refractivity contribution in [2.75, 3.05) is 0 Å². The summed E-state index contributed by atoms with van der Waals surface area (Å²) in [6.45, 7) is 2.16. The molecule has 84 valence electrons. The Morgan fingerprint density at radius 3 is 2.73 bits per heavy atom. The van der Waals surface area contributed by atoms with Crippen LogP contribution in [0, 0.1) is 0 Å². The molecule has 0 aliphatic heterocycles. The highest BCUT2D eigenvalue weighted by Gasteiger charge is 2.08. The average molecular weight is 292 g/mol. The summed E-state index contributed by atoms with van der Waals surface area (Å²) in [5.41, 5.74) is 0.933. The topological polar surface area (TPSA) is 20.2 Å². The minimum Gasteiger partial charge on any atom is -0.388 e. The highest BCUT2D eigenvalue weighted by atomic mass is 79.9. The third-order valence-corrected chi connectivity index (χ3v) is 3.62. The molecule has 0 spiro atoms. The van der Waals surface area contributed by atoms with E-state index in [0.29, 0.717) is 5.02 Å². The van der Waals surface area contributed by atoms with Gasteiger partial charge in [-0.3, -0.25) is 0 Å². The molecule has 0 aliphatic carbocycles. The van der Waals surface area contributed by atoms with Gasteiger partial charge in [0.2, 0.25) is 0 Å². The van der Waals surface area contributed by atoms with Crippen LogP contribution >= 0.6 is 27.5 Å². The zero-order chi connectivity index (χ0) is 11.3. The number of unbranched alkanes of at least 4 members (excludes halogenated alkanes) is 2. The van der Waals surface area contributed by atoms with Crippen LogP contribution in [-0.2, 0) is 0 Å². The number of halogens is 2. The summed E-state index contributed by atoms with van der Waals surface area (Å²) >= 11 is 9.24. The Balaban J connectivity index is 2.57. The molecule has 0 amide bonds. The van der Waals surface area contributed by atoms with E-state index in [4.69, 9.17) is 11.6 Å². The minimum absolute atomic E-state index is 0.370. The lowest BCUT2D eigenvalue weighted by Crippen LogP contribution is -1.97. The summed E-state index contributed by atoms with van der Waals surface area (Å²) in [5.74, 6) is 0. The molecule has 0 aliphatic rings. The van der Waals surface area contributed by atoms with Gasteiger partial charge in [0, 0.05) is 4.47 Å². The number of rotatable bonds is 5. The molecule has 1 aromatic rings. The zero-order valence-electron chi connectivity index (χ0n) is 8.84. The monoisotopic (exact) mass is 290 g/mol. The van der Waals surface area contributed by atoms with Crippen molar-refractivity contribution in [3.63, 3.8) is 0 Å². The Hall–Kier alpha value is -0.0500. The lowest BCUT2D eigenvalue weighted by molar-refractivity contribution is 0.163. The van der Waals surface area contributed by atoms with E-state index >= 15 is 0 Å². The second-order valence-corrected chi connectivity index (χ2v) is 4.95. The van der Waals surface area contributed by atoms with Crippen molar-refractivity contribution < 1.29 is 5.11 Å². The average Bonchev–Trinajstić information content (AvgIpc) is 2.22. The van der Waals surface area contributed by atoms with Crippen LogP contribution in [0.25, 0.3) is 0 Å². The number of benzene rings is 1. The fourth-order valence-corrected chi connectivity index (χ4v) is 1.99. The quantitative estimate of drug-likeness (QED) is 0.779. The Bertz CT molecular complexity index is 314. The molecule has 1 N–H and O–H groups in total. The van der Waals surface area contributed by atoms with E-state index in [1.54, 1.807) is 0 Å². The molecule has 0 fully saturated rings. The van der Waals surface area contributed by atoms with E-state index in [0.717, 1.165) is 22.9 Å². The van der Waals surface area contributed by atoms with Gasteiger partial charge in [0.05, 0.1) is 11.1 Å². The Morgan fingerprint density at radius 2 is 2.13 bits per heavy atom. The second-order valence-electron chi connectivity index (χ2n) is 3.69. The van der Waals surface area contributed by atoms with Gasteiger partial charge in [-0.15, -0.1) is 0 Å². The van der Waals surface area contributed by atoms with Crippen molar-refractivity contribution in [3.05, 3.63) is 33.3 Å². The van der Waals surface area contributed by atoms with Crippen molar-refractivity contribution in [3.8, 4) is 0 Å². The van der Waals surface area contributed by atoms with Gasteiger partial charge < -0.3 is 5.11 Å². The van der Waals surface area contributed by atoms with Crippen LogP contribution in [-0.4, -0.2) is 5.11 Å². The van der Waals surface area contributed by atoms with E-state index in [2.05, 4.69) is 22.9 Å². The maximum Gasteiger partial charge on any atom is 0.0790 e. The number of hydrogen-bond donors (Lipinski definition) is 1. The summed E-state index contributed by atoms with van der Waals surface area (Å²) in [5, 5.41) is 10.6. The number of aliphatic hydroxyl groups is 1. The van der Waals surface area contributed by atoms with Crippen molar-refractivity contribution in [2.45, 2.75) is 38.7 Å². The lowest BCUT2D eigenvalue weighted by atomic mass is 10.0. The number of aliphatic hydroxyl groups excluding tert-OH is 1. The minimum atomic E-state index is -0.370. The van der Waals surface area contributed by atoms with E-state index in [1.807, 2.05) is 18.2 Å². The molecule has 1 rings (SSSR count). The maximum atomic E-state index is 9.90. The molecule has 0 radical (unpaired) electrons. The van der Waals surface area contributed by atoms with Crippen LogP contribution in [0.3, 0.4) is 0 Å². The predicted octanol–water partition coefficient (Wildman–Crippen LogP) is 4.72. The molecule has 0 saturated heterocycles. The summed E-state index contributed by atoms with van der Waals surface area (Å²) in [6.07, 6.45) is 3.87. The van der Waals surface area contributed by atoms with E-state index in [1.165, 1.54) is 12.8 Å². The predicted molar refractivity (Wildman–Crippen MR) is 68.3 cm³/mol. The van der Waals surface area contributed by atoms with Crippen molar-refractivity contribution >= 4 is 27.5 Å². The molecule has 0 saturated carbocycles. The SMILES string of the molecule is CCCCCC(O)c1ccc(Cl)c(Br)c1. The van der Waals surface area contributed by atoms with Crippen LogP contribution in [0.4, 0.5) is 0 Å². The van der Waals surface area contributed by atoms with Gasteiger partial charge in [-0.05, 0) is 40.0 Å². The van der Waals surface area contributed by atoms with Crippen LogP contribution in [0.1, 0.15) is 44.3 Å². The highest BCUT2D eigenvalue weighted by Crippen LogP contribution is 2.28. The third-order valence-electron chi connectivity index (χ3n) is 2.41. The van der Waals surface area contributed by atoms with Gasteiger partial charge in [-0.2, -0.15) is 0 Å². The normalized spacial score (nSPS) is 12.8. The number of hydrogen-bond acceptors (Lipinski definition) is 1. The third kappa shape index (κ3) is 4.13. The second kappa shape index (κ2) is 6.51. The maximum absolute atomic E-state index is 9.90. The van der Waals surface area contributed by atoms with Crippen LogP contribution in [0.5, 0.6) is 0 Å². The first-order chi connectivity index (χ1) is 7.15. The standard InChI is InChI=1S/C12H16BrClO/c1-2-3-4-5-12(15)9-6-7-11(14)10(13)8-9/h6-8,12,15H,2-5H2,1H3. The molecule has 15 heavy (non-hydrogen) atoms. The highest BCUT2D eigenvalue weighted by molar-refractivity contribution is 9.10. The molecule has 1 nitrogen and oxygen atoms in total. The Morgan fingerprint density at radius 1 is 1.40 bits per heavy atom. The summed E-state index contributed by atoms with van der Waals surface area (Å²) < 4.78 is 0.844. The lowest BCUT2D eigenvalue weighted by Gasteiger charge is -2.11. The molecule has 0 bridgehead atoms. The van der Waals surface area contributed by atoms with E-state index < -0.39 is 0 Å². The molecule has 1 aromatic carbocycles. The van der Waals surface area contributed by atoms with Crippen LogP contribution in [0.2, 0.25) is 5.02 Å². The fraction of sp³-hybridized carbons (Fsp3) is 0.500. The van der Waals surface area contributed by atoms with E-state index in [9.17, 15) is 5.11 Å². The Kier molecular flexibility index (Phi) is 5.65. The first kappa shape index (κ1) is 13.0. The van der Waals surface area contributed by atoms with Crippen LogP contribution in [0.15, 0.2) is 22.7 Å². The molecule has 1 atom stereocenters. The van der Waals surface area contributed by atoms with Gasteiger partial charge in [0.15, 0.2) is 0 Å². The van der Waals surface area contributed by atoms with Gasteiger partial charge in [-0.1, -0.05) is 43.9 Å². The first-order valence-electron chi connectivity index (χ1n) is 5.28. The van der Waals surface area contributed by atoms with Gasteiger partial charge in [-0.25, -0.2) is 0 Å². The largest absolute Gasteiger partial charge is 0.388 e. The molecular weight excluding hydrogens is 275 g/mol. The first-order valence-corrected chi connectivity index (χ1v) is 6.45. The van der Waals surface area contributed by atoms with Crippen molar-refractivity contribution in [2.24, 2.45) is 0 Å². The fourth-order valence-electron chi connectivity index (χ4n) is 1.47. The summed E-state index contributed by atoms with van der Waals surface area (Å²) in [7, 11) is 0. The molecule has 0 heterocycles. The summed E-state index contributed by atoms with van der Waals surface area (Å²) in [6, 6.07) is 5.58. The van der Waals surface area contributed by atoms with Crippen molar-refractivity contribution in [1.29, 1.82) is 0 Å². The van der Waals surface area contributed by atoms with Crippen LogP contribution < -0.4 is 0 Å². The summed E-state index contributed by atoms with van der Waals surface area (Å²) in [4.78, 5) is 0. The molecule has 0 aromatic heterocycles. The zero-order valence-corrected chi connectivity index (χ0v) is 11.2. The van der Waals surface area contributed by atoms with Gasteiger partial charge in [0.25, 0.3) is 0 Å². The van der Waals surface area contributed by atoms with Gasteiger partial charge in [0.1, 0.15) is 0 Å². The molecular formula is C12H16BrClO. The van der Waals surface area contributed by atoms with E-state index in [-0.39, 0.29) is 6.10 Å². The molecule has 3 heteroatoms. The molecule has 1 unspecified atom stereocenters. The smallest absolute Gasteiger partial charge is 0.0790 e. The Labute approximate surface area is 105 Å². The van der Waals surface area contributed by atoms with Crippen molar-refractivity contribution in [1.82, 2.24) is 0 Å². The van der Waals surface area contributed by atoms with Gasteiger partial charge >= 0.3 is 0 Å².